The maximum absolute atomic E-state index is 5.35. The zero-order valence-corrected chi connectivity index (χ0v) is 18.8. The van der Waals surface area contributed by atoms with Gasteiger partial charge in [0, 0.05) is 40.3 Å². The number of aromatic nitrogens is 4. The lowest BCUT2D eigenvalue weighted by molar-refractivity contribution is 1.23. The van der Waals surface area contributed by atoms with Crippen LogP contribution in [-0.4, -0.2) is 19.4 Å². The van der Waals surface area contributed by atoms with Crippen LogP contribution in [0.15, 0.2) is 85.5 Å². The van der Waals surface area contributed by atoms with Crippen LogP contribution in [0.2, 0.25) is 0 Å². The molecule has 0 bridgehead atoms. The van der Waals surface area contributed by atoms with E-state index in [9.17, 15) is 0 Å². The summed E-state index contributed by atoms with van der Waals surface area (Å²) in [4.78, 5) is 14.2. The Hall–Kier alpha value is -4.57. The van der Waals surface area contributed by atoms with Gasteiger partial charge in [-0.2, -0.15) is 0 Å². The molecule has 0 amide bonds. The maximum atomic E-state index is 5.35. The second kappa shape index (κ2) is 6.10. The average Bonchev–Trinajstić information content (AvgIpc) is 3.59. The first-order valence-electron chi connectivity index (χ1n) is 12.0. The lowest BCUT2D eigenvalue weighted by atomic mass is 9.94. The topological polar surface area (TPSA) is 43.1 Å². The van der Waals surface area contributed by atoms with Crippen molar-refractivity contribution in [3.63, 3.8) is 0 Å². The summed E-state index contributed by atoms with van der Waals surface area (Å²) in [5, 5.41) is 3.38. The Balaban J connectivity index is 1.45. The number of rotatable bonds is 0. The standard InChI is InChI=1S/C31H18N4/c1-2-4-20-17(3-1)14-24-21(20)7-5-18-13-19-6-8-26-30(29(19)28(18)24)34-31-23-10-12-32-15-25(23)22-9-11-33-16-27(22)35(26)31/h1-12,15-16H,13-14H2. The average molecular weight is 447 g/mol. The van der Waals surface area contributed by atoms with E-state index >= 15 is 0 Å². The van der Waals surface area contributed by atoms with Crippen LogP contribution in [0.1, 0.15) is 22.3 Å². The van der Waals surface area contributed by atoms with Crippen molar-refractivity contribution in [2.45, 2.75) is 12.8 Å². The molecule has 2 aliphatic rings. The van der Waals surface area contributed by atoms with Gasteiger partial charge in [0.05, 0.1) is 22.7 Å². The molecular formula is C31H18N4. The highest BCUT2D eigenvalue weighted by Crippen LogP contribution is 2.49. The summed E-state index contributed by atoms with van der Waals surface area (Å²) in [6.07, 6.45) is 9.56. The van der Waals surface area contributed by atoms with Gasteiger partial charge in [0.1, 0.15) is 5.65 Å². The Kier molecular flexibility index (Phi) is 3.11. The highest BCUT2D eigenvalue weighted by molar-refractivity contribution is 6.14. The van der Waals surface area contributed by atoms with Gasteiger partial charge in [0.25, 0.3) is 0 Å². The molecule has 0 saturated heterocycles. The molecule has 4 aromatic heterocycles. The van der Waals surface area contributed by atoms with Crippen molar-refractivity contribution in [2.75, 3.05) is 0 Å². The summed E-state index contributed by atoms with van der Waals surface area (Å²) in [5.74, 6) is 0. The van der Waals surface area contributed by atoms with Gasteiger partial charge in [-0.15, -0.1) is 0 Å². The molecule has 7 aromatic rings. The van der Waals surface area contributed by atoms with Crippen molar-refractivity contribution in [1.29, 1.82) is 0 Å². The van der Waals surface area contributed by atoms with Gasteiger partial charge in [-0.05, 0) is 70.0 Å². The first kappa shape index (κ1) is 17.8. The van der Waals surface area contributed by atoms with Crippen LogP contribution in [0.4, 0.5) is 0 Å². The minimum absolute atomic E-state index is 0.963. The van der Waals surface area contributed by atoms with E-state index in [1.54, 1.807) is 0 Å². The predicted molar refractivity (Wildman–Crippen MR) is 140 cm³/mol. The van der Waals surface area contributed by atoms with Gasteiger partial charge >= 0.3 is 0 Å². The van der Waals surface area contributed by atoms with Crippen molar-refractivity contribution in [2.24, 2.45) is 0 Å². The van der Waals surface area contributed by atoms with Gasteiger partial charge in [0.15, 0.2) is 0 Å². The van der Waals surface area contributed by atoms with E-state index in [1.165, 1.54) is 44.5 Å². The maximum Gasteiger partial charge on any atom is 0.146 e. The summed E-state index contributed by atoms with van der Waals surface area (Å²) in [5.41, 5.74) is 15.4. The molecular weight excluding hydrogens is 428 g/mol. The van der Waals surface area contributed by atoms with Crippen molar-refractivity contribution >= 4 is 38.4 Å². The highest BCUT2D eigenvalue weighted by atomic mass is 15.0. The van der Waals surface area contributed by atoms with Gasteiger partial charge in [-0.1, -0.05) is 42.5 Å². The molecule has 4 heteroatoms. The van der Waals surface area contributed by atoms with Crippen molar-refractivity contribution in [3.05, 3.63) is 108 Å². The normalized spacial score (nSPS) is 13.5. The first-order chi connectivity index (χ1) is 17.4. The van der Waals surface area contributed by atoms with Gasteiger partial charge in [0.2, 0.25) is 0 Å². The molecule has 0 aliphatic heterocycles. The predicted octanol–water partition coefficient (Wildman–Crippen LogP) is 6.73. The Morgan fingerprint density at radius 3 is 2.40 bits per heavy atom. The van der Waals surface area contributed by atoms with Crippen molar-refractivity contribution in [3.8, 4) is 22.3 Å². The number of hydrogen-bond donors (Lipinski definition) is 0. The third-order valence-corrected chi connectivity index (χ3v) is 8.01. The van der Waals surface area contributed by atoms with Gasteiger partial charge in [-0.3, -0.25) is 14.4 Å². The van der Waals surface area contributed by atoms with E-state index in [0.29, 0.717) is 0 Å². The lowest BCUT2D eigenvalue weighted by Gasteiger charge is -2.10. The molecule has 35 heavy (non-hydrogen) atoms. The monoisotopic (exact) mass is 446 g/mol. The molecule has 2 aliphatic carbocycles. The number of fused-ring (bicyclic) bond motifs is 16. The van der Waals surface area contributed by atoms with Gasteiger partial charge < -0.3 is 0 Å². The van der Waals surface area contributed by atoms with Crippen LogP contribution in [0.25, 0.3) is 60.6 Å². The minimum atomic E-state index is 0.963. The molecule has 0 saturated carbocycles. The van der Waals surface area contributed by atoms with Crippen molar-refractivity contribution in [1.82, 2.24) is 19.4 Å². The molecule has 0 radical (unpaired) electrons. The number of hydrogen-bond acceptors (Lipinski definition) is 3. The summed E-state index contributed by atoms with van der Waals surface area (Å²) in [6, 6.07) is 22.2. The summed E-state index contributed by atoms with van der Waals surface area (Å²) >= 11 is 0. The van der Waals surface area contributed by atoms with Gasteiger partial charge in [-0.25, -0.2) is 4.98 Å². The van der Waals surface area contributed by atoms with E-state index in [2.05, 4.69) is 75.0 Å². The fraction of sp³-hybridized carbons (Fsp3) is 0.0645. The Morgan fingerprint density at radius 1 is 0.600 bits per heavy atom. The molecule has 162 valence electrons. The largest absolute Gasteiger partial charge is 0.290 e. The molecule has 4 nitrogen and oxygen atoms in total. The molecule has 0 fully saturated rings. The quantitative estimate of drug-likeness (QED) is 0.243. The molecule has 0 spiro atoms. The number of imidazole rings is 1. The number of pyridine rings is 3. The Bertz CT molecular complexity index is 2070. The molecule has 3 aromatic carbocycles. The third kappa shape index (κ3) is 2.11. The van der Waals surface area contributed by atoms with E-state index < -0.39 is 0 Å². The lowest BCUT2D eigenvalue weighted by Crippen LogP contribution is -1.92. The van der Waals surface area contributed by atoms with Crippen LogP contribution in [0, 0.1) is 0 Å². The number of benzene rings is 3. The molecule has 0 unspecified atom stereocenters. The fourth-order valence-electron chi connectivity index (χ4n) is 6.56. The Morgan fingerprint density at radius 2 is 1.43 bits per heavy atom. The zero-order valence-electron chi connectivity index (χ0n) is 18.8. The molecule has 9 rings (SSSR count). The fourth-order valence-corrected chi connectivity index (χ4v) is 6.56. The Labute approximate surface area is 200 Å². The summed E-state index contributed by atoms with van der Waals surface area (Å²) < 4.78 is 2.29. The molecule has 0 atom stereocenters. The van der Waals surface area contributed by atoms with Crippen molar-refractivity contribution < 1.29 is 0 Å². The third-order valence-electron chi connectivity index (χ3n) is 8.01. The van der Waals surface area contributed by atoms with Crippen LogP contribution in [0.3, 0.4) is 0 Å². The minimum Gasteiger partial charge on any atom is -0.290 e. The molecule has 4 heterocycles. The van der Waals surface area contributed by atoms with E-state index in [1.807, 2.05) is 24.8 Å². The van der Waals surface area contributed by atoms with Crippen LogP contribution in [0.5, 0.6) is 0 Å². The van der Waals surface area contributed by atoms with E-state index in [-0.39, 0.29) is 0 Å². The second-order valence-corrected chi connectivity index (χ2v) is 9.69. The molecule has 0 N–H and O–H groups in total. The summed E-state index contributed by atoms with van der Waals surface area (Å²) in [7, 11) is 0. The van der Waals surface area contributed by atoms with E-state index in [4.69, 9.17) is 4.98 Å². The SMILES string of the molecule is c1ccc2c(c1)Cc1c-2ccc2c1-c1c(ccc3c1nc1c4ccncc4c4ccncc4n31)C2. The number of nitrogens with zero attached hydrogens (tertiary/aromatic N) is 4. The highest BCUT2D eigenvalue weighted by Gasteiger charge is 2.30. The van der Waals surface area contributed by atoms with Crippen LogP contribution in [-0.2, 0) is 12.8 Å². The van der Waals surface area contributed by atoms with Crippen LogP contribution >= 0.6 is 0 Å². The first-order valence-corrected chi connectivity index (χ1v) is 12.0. The second-order valence-electron chi connectivity index (χ2n) is 9.69. The zero-order chi connectivity index (χ0) is 22.7. The smallest absolute Gasteiger partial charge is 0.146 e. The summed E-state index contributed by atoms with van der Waals surface area (Å²) in [6.45, 7) is 0. The van der Waals surface area contributed by atoms with E-state index in [0.717, 1.165) is 51.2 Å². The van der Waals surface area contributed by atoms with Crippen LogP contribution < -0.4 is 0 Å².